The van der Waals surface area contributed by atoms with Crippen molar-refractivity contribution in [2.75, 3.05) is 14.2 Å². The minimum Gasteiger partial charge on any atom is -0.493 e. The SMILES string of the molecule is COc1ccc(SC2=C(C(=O)O)CCC2CCCc2ccccc2)cc1OC. The number of ether oxygens (including phenoxy) is 2. The molecule has 2 aromatic carbocycles. The molecule has 0 fully saturated rings. The number of rotatable bonds is 9. The van der Waals surface area contributed by atoms with Crippen molar-refractivity contribution in [1.82, 2.24) is 0 Å². The first kappa shape index (κ1) is 20.3. The number of carboxylic acids is 1. The Kier molecular flexibility index (Phi) is 7.04. The molecular formula is C23H26O4S. The Morgan fingerprint density at radius 3 is 2.54 bits per heavy atom. The van der Waals surface area contributed by atoms with E-state index in [0.717, 1.165) is 35.5 Å². The van der Waals surface area contributed by atoms with Gasteiger partial charge in [0.25, 0.3) is 0 Å². The first-order valence-electron chi connectivity index (χ1n) is 9.52. The van der Waals surface area contributed by atoms with Crippen LogP contribution in [0, 0.1) is 5.92 Å². The summed E-state index contributed by atoms with van der Waals surface area (Å²) in [6, 6.07) is 16.2. The van der Waals surface area contributed by atoms with Crippen LogP contribution in [0.1, 0.15) is 31.2 Å². The zero-order valence-corrected chi connectivity index (χ0v) is 17.1. The number of hydrogen-bond acceptors (Lipinski definition) is 4. The lowest BCUT2D eigenvalue weighted by molar-refractivity contribution is -0.132. The number of hydrogen-bond donors (Lipinski definition) is 1. The van der Waals surface area contributed by atoms with E-state index in [9.17, 15) is 9.90 Å². The Morgan fingerprint density at radius 1 is 1.11 bits per heavy atom. The molecule has 1 unspecified atom stereocenters. The van der Waals surface area contributed by atoms with Gasteiger partial charge >= 0.3 is 5.97 Å². The van der Waals surface area contributed by atoms with Crippen molar-refractivity contribution in [2.45, 2.75) is 37.0 Å². The average molecular weight is 399 g/mol. The van der Waals surface area contributed by atoms with E-state index < -0.39 is 5.97 Å². The minimum absolute atomic E-state index is 0.299. The maximum absolute atomic E-state index is 11.8. The average Bonchev–Trinajstić information content (AvgIpc) is 3.11. The molecule has 148 valence electrons. The maximum atomic E-state index is 11.8. The zero-order chi connectivity index (χ0) is 19.9. The first-order valence-corrected chi connectivity index (χ1v) is 10.3. The molecule has 0 aromatic heterocycles. The van der Waals surface area contributed by atoms with Crippen molar-refractivity contribution in [3.8, 4) is 11.5 Å². The highest BCUT2D eigenvalue weighted by Crippen LogP contribution is 2.46. The molecule has 1 N–H and O–H groups in total. The van der Waals surface area contributed by atoms with Gasteiger partial charge in [0, 0.05) is 15.4 Å². The van der Waals surface area contributed by atoms with E-state index in [1.807, 2.05) is 24.3 Å². The van der Waals surface area contributed by atoms with Gasteiger partial charge in [0.05, 0.1) is 14.2 Å². The quantitative estimate of drug-likeness (QED) is 0.599. The Hall–Kier alpha value is -2.40. The van der Waals surface area contributed by atoms with Gasteiger partial charge in [-0.3, -0.25) is 0 Å². The van der Waals surface area contributed by atoms with E-state index in [0.29, 0.717) is 29.4 Å². The summed E-state index contributed by atoms with van der Waals surface area (Å²) in [5, 5.41) is 9.65. The van der Waals surface area contributed by atoms with Crippen LogP contribution >= 0.6 is 11.8 Å². The standard InChI is InChI=1S/C23H26O4S/c1-26-20-14-12-18(15-21(20)27-2)28-22-17(11-13-19(22)23(24)25)10-6-9-16-7-4-3-5-8-16/h3-5,7-8,12,14-15,17H,6,9-11,13H2,1-2H3,(H,24,25). The number of allylic oxidation sites excluding steroid dienone is 1. The summed E-state index contributed by atoms with van der Waals surface area (Å²) < 4.78 is 10.7. The largest absolute Gasteiger partial charge is 0.493 e. The lowest BCUT2D eigenvalue weighted by Crippen LogP contribution is -2.02. The fraction of sp³-hybridized carbons (Fsp3) is 0.348. The van der Waals surface area contributed by atoms with Gasteiger partial charge in [0.2, 0.25) is 0 Å². The molecule has 0 saturated carbocycles. The van der Waals surface area contributed by atoms with Gasteiger partial charge in [-0.25, -0.2) is 4.79 Å². The predicted molar refractivity (Wildman–Crippen MR) is 112 cm³/mol. The molecule has 0 radical (unpaired) electrons. The lowest BCUT2D eigenvalue weighted by atomic mass is 9.99. The molecule has 4 nitrogen and oxygen atoms in total. The Balaban J connectivity index is 1.72. The monoisotopic (exact) mass is 398 g/mol. The fourth-order valence-corrected chi connectivity index (χ4v) is 4.93. The van der Waals surface area contributed by atoms with E-state index in [4.69, 9.17) is 9.47 Å². The third-order valence-corrected chi connectivity index (χ3v) is 6.40. The van der Waals surface area contributed by atoms with Crippen molar-refractivity contribution in [3.63, 3.8) is 0 Å². The molecule has 0 amide bonds. The van der Waals surface area contributed by atoms with Crippen molar-refractivity contribution < 1.29 is 19.4 Å². The van der Waals surface area contributed by atoms with Crippen LogP contribution in [0.4, 0.5) is 0 Å². The van der Waals surface area contributed by atoms with Crippen molar-refractivity contribution in [2.24, 2.45) is 5.92 Å². The third-order valence-electron chi connectivity index (χ3n) is 5.11. The first-order chi connectivity index (χ1) is 13.6. The minimum atomic E-state index is -0.798. The van der Waals surface area contributed by atoms with Crippen LogP contribution < -0.4 is 9.47 Å². The number of aryl methyl sites for hydroxylation is 1. The summed E-state index contributed by atoms with van der Waals surface area (Å²) >= 11 is 1.55. The highest BCUT2D eigenvalue weighted by molar-refractivity contribution is 8.03. The van der Waals surface area contributed by atoms with Crippen LogP contribution in [0.2, 0.25) is 0 Å². The van der Waals surface area contributed by atoms with Crippen LogP contribution in [0.3, 0.4) is 0 Å². The summed E-state index contributed by atoms with van der Waals surface area (Å²) in [5.74, 6) is 0.829. The van der Waals surface area contributed by atoms with Gasteiger partial charge in [0.1, 0.15) is 0 Å². The lowest BCUT2D eigenvalue weighted by Gasteiger charge is -2.16. The van der Waals surface area contributed by atoms with Crippen molar-refractivity contribution in [1.29, 1.82) is 0 Å². The second kappa shape index (κ2) is 9.69. The van der Waals surface area contributed by atoms with E-state index in [-0.39, 0.29) is 0 Å². The highest BCUT2D eigenvalue weighted by Gasteiger charge is 2.29. The molecule has 5 heteroatoms. The van der Waals surface area contributed by atoms with E-state index in [1.165, 1.54) is 5.56 Å². The normalized spacial score (nSPS) is 16.3. The number of carbonyl (C=O) groups is 1. The van der Waals surface area contributed by atoms with Gasteiger partial charge in [0.15, 0.2) is 11.5 Å². The number of methoxy groups -OCH3 is 2. The molecule has 1 atom stereocenters. The topological polar surface area (TPSA) is 55.8 Å². The molecule has 0 heterocycles. The summed E-state index contributed by atoms with van der Waals surface area (Å²) in [5.41, 5.74) is 1.89. The van der Waals surface area contributed by atoms with Gasteiger partial charge in [-0.1, -0.05) is 42.1 Å². The molecule has 2 aromatic rings. The summed E-state index contributed by atoms with van der Waals surface area (Å²) in [4.78, 5) is 13.7. The van der Waals surface area contributed by atoms with Gasteiger partial charge < -0.3 is 14.6 Å². The second-order valence-electron chi connectivity index (χ2n) is 6.88. The molecule has 0 bridgehead atoms. The molecule has 1 aliphatic carbocycles. The van der Waals surface area contributed by atoms with Crippen LogP contribution in [-0.4, -0.2) is 25.3 Å². The Bertz CT molecular complexity index is 845. The Morgan fingerprint density at radius 2 is 1.86 bits per heavy atom. The Labute approximate surface area is 170 Å². The van der Waals surface area contributed by atoms with Crippen LogP contribution in [-0.2, 0) is 11.2 Å². The molecule has 3 rings (SSSR count). The molecule has 0 spiro atoms. The van der Waals surface area contributed by atoms with Crippen LogP contribution in [0.25, 0.3) is 0 Å². The smallest absolute Gasteiger partial charge is 0.332 e. The van der Waals surface area contributed by atoms with E-state index in [2.05, 4.69) is 24.3 Å². The summed E-state index contributed by atoms with van der Waals surface area (Å²) in [6.07, 6.45) is 4.62. The van der Waals surface area contributed by atoms with Crippen LogP contribution in [0.15, 0.2) is 63.9 Å². The van der Waals surface area contributed by atoms with E-state index >= 15 is 0 Å². The summed E-state index contributed by atoms with van der Waals surface area (Å²) in [7, 11) is 3.21. The fourth-order valence-electron chi connectivity index (χ4n) is 3.66. The van der Waals surface area contributed by atoms with Crippen molar-refractivity contribution >= 4 is 17.7 Å². The van der Waals surface area contributed by atoms with E-state index in [1.54, 1.807) is 26.0 Å². The van der Waals surface area contributed by atoms with Crippen molar-refractivity contribution in [3.05, 3.63) is 64.6 Å². The van der Waals surface area contributed by atoms with Crippen LogP contribution in [0.5, 0.6) is 11.5 Å². The third kappa shape index (κ3) is 4.90. The second-order valence-corrected chi connectivity index (χ2v) is 8.00. The maximum Gasteiger partial charge on any atom is 0.332 e. The van der Waals surface area contributed by atoms with Gasteiger partial charge in [-0.2, -0.15) is 0 Å². The molecular weight excluding hydrogens is 372 g/mol. The molecule has 0 aliphatic heterocycles. The highest BCUT2D eigenvalue weighted by atomic mass is 32.2. The summed E-state index contributed by atoms with van der Waals surface area (Å²) in [6.45, 7) is 0. The number of thioether (sulfide) groups is 1. The predicted octanol–water partition coefficient (Wildman–Crippen LogP) is 5.57. The van der Waals surface area contributed by atoms with Gasteiger partial charge in [-0.15, -0.1) is 0 Å². The number of benzene rings is 2. The molecule has 1 aliphatic rings. The number of aliphatic carboxylic acids is 1. The van der Waals surface area contributed by atoms with Gasteiger partial charge in [-0.05, 0) is 61.8 Å². The molecule has 0 saturated heterocycles. The number of carboxylic acid groups (broad SMARTS) is 1. The zero-order valence-electron chi connectivity index (χ0n) is 16.3. The molecule has 28 heavy (non-hydrogen) atoms.